The van der Waals surface area contributed by atoms with Crippen molar-refractivity contribution in [1.29, 1.82) is 0 Å². The lowest BCUT2D eigenvalue weighted by Gasteiger charge is -2.22. The molecular formula is C22H27ClN6O. The highest BCUT2D eigenvalue weighted by atomic mass is 35.5. The number of hydrogen-bond acceptors (Lipinski definition) is 6. The number of aromatic hydroxyl groups is 1. The van der Waals surface area contributed by atoms with Crippen LogP contribution in [0.1, 0.15) is 32.7 Å². The molecule has 8 heteroatoms. The maximum Gasteiger partial charge on any atom is 0.223 e. The molecule has 1 aromatic carbocycles. The number of nitrogens with one attached hydrogen (secondary N) is 2. The fourth-order valence-electron chi connectivity index (χ4n) is 3.65. The van der Waals surface area contributed by atoms with Crippen molar-refractivity contribution in [2.24, 2.45) is 5.92 Å². The number of nitrogens with zero attached hydrogens (tertiary/aromatic N) is 4. The fraction of sp³-hybridized carbons (Fsp3) is 0.409. The van der Waals surface area contributed by atoms with Crippen LogP contribution < -0.4 is 10.6 Å². The number of halogens is 1. The summed E-state index contributed by atoms with van der Waals surface area (Å²) in [7, 11) is 0. The van der Waals surface area contributed by atoms with E-state index in [2.05, 4.69) is 35.7 Å². The quantitative estimate of drug-likeness (QED) is 0.542. The van der Waals surface area contributed by atoms with Crippen LogP contribution in [0, 0.1) is 5.92 Å². The number of phenols is 1. The maximum atomic E-state index is 10.1. The van der Waals surface area contributed by atoms with Gasteiger partial charge in [0.15, 0.2) is 0 Å². The van der Waals surface area contributed by atoms with Gasteiger partial charge in [-0.15, -0.1) is 0 Å². The molecule has 0 aliphatic carbocycles. The Morgan fingerprint density at radius 3 is 2.80 bits per heavy atom. The van der Waals surface area contributed by atoms with E-state index in [-0.39, 0.29) is 5.75 Å². The third-order valence-corrected chi connectivity index (χ3v) is 5.39. The first-order chi connectivity index (χ1) is 14.5. The molecule has 0 unspecified atom stereocenters. The summed E-state index contributed by atoms with van der Waals surface area (Å²) in [6, 6.07) is 7.24. The molecule has 0 saturated carbocycles. The molecule has 1 fully saturated rings. The van der Waals surface area contributed by atoms with Gasteiger partial charge in [0.05, 0.1) is 11.7 Å². The van der Waals surface area contributed by atoms with Crippen molar-refractivity contribution in [3.8, 4) is 28.3 Å². The largest absolute Gasteiger partial charge is 0.508 e. The van der Waals surface area contributed by atoms with E-state index >= 15 is 0 Å². The molecule has 1 aliphatic heterocycles. The molecule has 0 radical (unpaired) electrons. The maximum absolute atomic E-state index is 10.1. The van der Waals surface area contributed by atoms with Crippen molar-refractivity contribution in [3.63, 3.8) is 0 Å². The van der Waals surface area contributed by atoms with Crippen molar-refractivity contribution < 1.29 is 5.11 Å². The van der Waals surface area contributed by atoms with Crippen molar-refractivity contribution in [3.05, 3.63) is 41.7 Å². The summed E-state index contributed by atoms with van der Waals surface area (Å²) in [5.74, 6) is 1.20. The lowest BCUT2D eigenvalue weighted by atomic mass is 10.1. The molecule has 7 nitrogen and oxygen atoms in total. The standard InChI is InChI=1S/C22H27ClN6O/c1-14(2)12-26-22-25-8-5-20(27-22)19-13-29(17-3-6-24-7-4-17)28-21(19)15-9-16(23)11-18(30)10-15/h5,8-11,13-14,17,24,30H,3-4,6-7,12H2,1-2H3,(H,25,26,27). The second kappa shape index (κ2) is 9.02. The molecule has 3 N–H and O–H groups in total. The Hall–Kier alpha value is -2.64. The molecule has 2 aromatic heterocycles. The first kappa shape index (κ1) is 20.6. The monoisotopic (exact) mass is 426 g/mol. The lowest BCUT2D eigenvalue weighted by molar-refractivity contribution is 0.344. The average molecular weight is 427 g/mol. The highest BCUT2D eigenvalue weighted by molar-refractivity contribution is 6.31. The van der Waals surface area contributed by atoms with Crippen LogP contribution in [-0.2, 0) is 0 Å². The van der Waals surface area contributed by atoms with Crippen molar-refractivity contribution >= 4 is 17.5 Å². The summed E-state index contributed by atoms with van der Waals surface area (Å²) < 4.78 is 2.03. The molecule has 30 heavy (non-hydrogen) atoms. The van der Waals surface area contributed by atoms with Crippen LogP contribution >= 0.6 is 11.6 Å². The van der Waals surface area contributed by atoms with E-state index in [4.69, 9.17) is 21.7 Å². The molecule has 1 saturated heterocycles. The van der Waals surface area contributed by atoms with Crippen molar-refractivity contribution in [2.75, 3.05) is 25.0 Å². The first-order valence-electron chi connectivity index (χ1n) is 10.4. The van der Waals surface area contributed by atoms with Gasteiger partial charge in [-0.25, -0.2) is 9.97 Å². The number of phenolic OH excluding ortho intramolecular Hbond substituents is 1. The lowest BCUT2D eigenvalue weighted by Crippen LogP contribution is -2.29. The van der Waals surface area contributed by atoms with Gasteiger partial charge in [-0.1, -0.05) is 25.4 Å². The van der Waals surface area contributed by atoms with Crippen LogP contribution in [0.3, 0.4) is 0 Å². The van der Waals surface area contributed by atoms with E-state index in [0.717, 1.165) is 55.0 Å². The molecule has 0 spiro atoms. The fourth-order valence-corrected chi connectivity index (χ4v) is 3.88. The van der Waals surface area contributed by atoms with Crippen LogP contribution in [0.25, 0.3) is 22.5 Å². The highest BCUT2D eigenvalue weighted by Gasteiger charge is 2.21. The number of anilines is 1. The first-order valence-corrected chi connectivity index (χ1v) is 10.7. The number of aromatic nitrogens is 4. The minimum Gasteiger partial charge on any atom is -0.508 e. The van der Waals surface area contributed by atoms with E-state index in [0.29, 0.717) is 22.9 Å². The molecule has 0 atom stereocenters. The molecule has 158 valence electrons. The zero-order chi connectivity index (χ0) is 21.1. The summed E-state index contributed by atoms with van der Waals surface area (Å²) in [4.78, 5) is 9.07. The summed E-state index contributed by atoms with van der Waals surface area (Å²) in [6.45, 7) is 7.04. The Morgan fingerprint density at radius 1 is 1.27 bits per heavy atom. The third kappa shape index (κ3) is 4.74. The van der Waals surface area contributed by atoms with Gasteiger partial charge in [0, 0.05) is 35.1 Å². The molecule has 0 bridgehead atoms. The summed E-state index contributed by atoms with van der Waals surface area (Å²) >= 11 is 6.21. The molecule has 4 rings (SSSR count). The predicted molar refractivity (Wildman–Crippen MR) is 120 cm³/mol. The topological polar surface area (TPSA) is 87.9 Å². The zero-order valence-corrected chi connectivity index (χ0v) is 18.0. The predicted octanol–water partition coefficient (Wildman–Crippen LogP) is 4.36. The molecule has 0 amide bonds. The van der Waals surface area contributed by atoms with Gasteiger partial charge in [0.1, 0.15) is 11.4 Å². The van der Waals surface area contributed by atoms with Crippen LogP contribution in [0.15, 0.2) is 36.7 Å². The Kier molecular flexibility index (Phi) is 6.20. The van der Waals surface area contributed by atoms with Gasteiger partial charge in [-0.2, -0.15) is 5.10 Å². The van der Waals surface area contributed by atoms with E-state index in [1.165, 1.54) is 6.07 Å². The summed E-state index contributed by atoms with van der Waals surface area (Å²) in [5.41, 5.74) is 3.19. The third-order valence-electron chi connectivity index (χ3n) is 5.17. The number of rotatable bonds is 6. The second-order valence-corrected chi connectivity index (χ2v) is 8.53. The van der Waals surface area contributed by atoms with Gasteiger partial charge < -0.3 is 15.7 Å². The van der Waals surface area contributed by atoms with Crippen molar-refractivity contribution in [1.82, 2.24) is 25.1 Å². The van der Waals surface area contributed by atoms with Gasteiger partial charge in [-0.3, -0.25) is 4.68 Å². The normalized spacial score (nSPS) is 14.9. The number of piperidine rings is 1. The van der Waals surface area contributed by atoms with E-state index < -0.39 is 0 Å². The average Bonchev–Trinajstić information content (AvgIpc) is 3.18. The molecule has 3 heterocycles. The number of benzene rings is 1. The van der Waals surface area contributed by atoms with Crippen LogP contribution in [0.4, 0.5) is 5.95 Å². The Labute approximate surface area is 181 Å². The van der Waals surface area contributed by atoms with Crippen LogP contribution in [-0.4, -0.2) is 44.5 Å². The molecule has 1 aliphatic rings. The smallest absolute Gasteiger partial charge is 0.223 e. The minimum atomic E-state index is 0.113. The zero-order valence-electron chi connectivity index (χ0n) is 17.3. The van der Waals surface area contributed by atoms with E-state index in [1.54, 1.807) is 12.3 Å². The molecule has 3 aromatic rings. The Morgan fingerprint density at radius 2 is 2.07 bits per heavy atom. The Balaban J connectivity index is 1.77. The van der Waals surface area contributed by atoms with Crippen LogP contribution in [0.2, 0.25) is 5.02 Å². The van der Waals surface area contributed by atoms with Gasteiger partial charge in [0.2, 0.25) is 5.95 Å². The minimum absolute atomic E-state index is 0.113. The van der Waals surface area contributed by atoms with E-state index in [1.807, 2.05) is 16.8 Å². The van der Waals surface area contributed by atoms with Gasteiger partial charge >= 0.3 is 0 Å². The molecular weight excluding hydrogens is 400 g/mol. The van der Waals surface area contributed by atoms with Crippen LogP contribution in [0.5, 0.6) is 5.75 Å². The van der Waals surface area contributed by atoms with Gasteiger partial charge in [0.25, 0.3) is 0 Å². The van der Waals surface area contributed by atoms with Gasteiger partial charge in [-0.05, 0) is 56.1 Å². The second-order valence-electron chi connectivity index (χ2n) is 8.09. The van der Waals surface area contributed by atoms with Crippen molar-refractivity contribution in [2.45, 2.75) is 32.7 Å². The number of hydrogen-bond donors (Lipinski definition) is 3. The SMILES string of the molecule is CC(C)CNc1nccc(-c2cn(C3CCNCC3)nc2-c2cc(O)cc(Cl)c2)n1. The summed E-state index contributed by atoms with van der Waals surface area (Å²) in [6.07, 6.45) is 5.85. The highest BCUT2D eigenvalue weighted by Crippen LogP contribution is 2.35. The summed E-state index contributed by atoms with van der Waals surface area (Å²) in [5, 5.41) is 22.1. The van der Waals surface area contributed by atoms with E-state index in [9.17, 15) is 5.11 Å². The Bertz CT molecular complexity index is 992.